The Morgan fingerprint density at radius 3 is 2.78 bits per heavy atom. The predicted octanol–water partition coefficient (Wildman–Crippen LogP) is 2.64. The summed E-state index contributed by atoms with van der Waals surface area (Å²) in [5.41, 5.74) is 6.88. The van der Waals surface area contributed by atoms with Crippen LogP contribution in [0, 0.1) is 5.92 Å². The van der Waals surface area contributed by atoms with Crippen LogP contribution in [0.15, 0.2) is 24.3 Å². The number of halogens is 1. The molecule has 1 fully saturated rings. The predicted molar refractivity (Wildman–Crippen MR) is 73.3 cm³/mol. The van der Waals surface area contributed by atoms with E-state index in [1.54, 1.807) is 0 Å². The van der Waals surface area contributed by atoms with Crippen molar-refractivity contribution in [3.8, 4) is 0 Å². The van der Waals surface area contributed by atoms with Gasteiger partial charge < -0.3 is 11.1 Å². The van der Waals surface area contributed by atoms with Crippen molar-refractivity contribution in [2.45, 2.75) is 38.3 Å². The molecule has 0 heterocycles. The van der Waals surface area contributed by atoms with Crippen LogP contribution in [-0.4, -0.2) is 11.9 Å². The summed E-state index contributed by atoms with van der Waals surface area (Å²) in [6, 6.07) is 7.49. The molecule has 0 saturated heterocycles. The second-order valence-corrected chi connectivity index (χ2v) is 5.36. The molecule has 1 saturated carbocycles. The molecule has 3 nitrogen and oxygen atoms in total. The van der Waals surface area contributed by atoms with Gasteiger partial charge in [-0.05, 0) is 31.4 Å². The van der Waals surface area contributed by atoms with E-state index in [1.165, 1.54) is 0 Å². The van der Waals surface area contributed by atoms with Crippen LogP contribution >= 0.6 is 11.6 Å². The van der Waals surface area contributed by atoms with Gasteiger partial charge in [0.2, 0.25) is 5.91 Å². The van der Waals surface area contributed by atoms with Crippen molar-refractivity contribution in [3.05, 3.63) is 34.9 Å². The molecule has 18 heavy (non-hydrogen) atoms. The fraction of sp³-hybridized carbons (Fsp3) is 0.500. The number of carbonyl (C=O) groups is 1. The van der Waals surface area contributed by atoms with Gasteiger partial charge >= 0.3 is 0 Å². The van der Waals surface area contributed by atoms with Gasteiger partial charge in [0.15, 0.2) is 0 Å². The molecule has 98 valence electrons. The standard InChI is InChI=1S/C14H19ClN2O/c1-9(10-5-2-3-7-12(10)15)17-14(18)11-6-4-8-13(11)16/h2-3,5,7,9,11,13H,4,6,8,16H2,1H3,(H,17,18)/t9-,11?,13?/m1/s1. The molecule has 2 rings (SSSR count). The normalized spacial score (nSPS) is 24.8. The quantitative estimate of drug-likeness (QED) is 0.884. The van der Waals surface area contributed by atoms with Crippen LogP contribution in [0.2, 0.25) is 5.02 Å². The van der Waals surface area contributed by atoms with Gasteiger partial charge in [0.1, 0.15) is 0 Å². The highest BCUT2D eigenvalue weighted by Crippen LogP contribution is 2.26. The summed E-state index contributed by atoms with van der Waals surface area (Å²) in [4.78, 5) is 12.1. The Morgan fingerprint density at radius 1 is 1.44 bits per heavy atom. The van der Waals surface area contributed by atoms with E-state index in [1.807, 2.05) is 31.2 Å². The highest BCUT2D eigenvalue weighted by atomic mass is 35.5. The van der Waals surface area contributed by atoms with Crippen LogP contribution in [-0.2, 0) is 4.79 Å². The Bertz CT molecular complexity index is 436. The second kappa shape index (κ2) is 5.72. The van der Waals surface area contributed by atoms with E-state index in [9.17, 15) is 4.79 Å². The van der Waals surface area contributed by atoms with Crippen molar-refractivity contribution in [1.29, 1.82) is 0 Å². The average Bonchev–Trinajstić information content (AvgIpc) is 2.76. The molecule has 1 amide bonds. The molecule has 1 aromatic rings. The topological polar surface area (TPSA) is 55.1 Å². The second-order valence-electron chi connectivity index (χ2n) is 4.95. The van der Waals surface area contributed by atoms with Gasteiger partial charge in [-0.2, -0.15) is 0 Å². The molecular weight excluding hydrogens is 248 g/mol. The lowest BCUT2D eigenvalue weighted by Crippen LogP contribution is -2.39. The van der Waals surface area contributed by atoms with Crippen molar-refractivity contribution in [2.75, 3.05) is 0 Å². The summed E-state index contributed by atoms with van der Waals surface area (Å²) in [6.45, 7) is 1.94. The van der Waals surface area contributed by atoms with Crippen molar-refractivity contribution < 1.29 is 4.79 Å². The molecule has 4 heteroatoms. The molecule has 0 aliphatic heterocycles. The lowest BCUT2D eigenvalue weighted by atomic mass is 10.0. The van der Waals surface area contributed by atoms with Gasteiger partial charge in [0, 0.05) is 11.1 Å². The Morgan fingerprint density at radius 2 is 2.17 bits per heavy atom. The van der Waals surface area contributed by atoms with E-state index in [0.717, 1.165) is 24.8 Å². The average molecular weight is 267 g/mol. The molecule has 0 bridgehead atoms. The Balaban J connectivity index is 2.01. The van der Waals surface area contributed by atoms with Crippen LogP contribution in [0.4, 0.5) is 0 Å². The zero-order valence-corrected chi connectivity index (χ0v) is 11.3. The summed E-state index contributed by atoms with van der Waals surface area (Å²) >= 11 is 6.11. The molecule has 1 aliphatic rings. The van der Waals surface area contributed by atoms with E-state index >= 15 is 0 Å². The third-order valence-corrected chi connectivity index (χ3v) is 3.98. The number of nitrogens with one attached hydrogen (secondary N) is 1. The van der Waals surface area contributed by atoms with Crippen LogP contribution < -0.4 is 11.1 Å². The monoisotopic (exact) mass is 266 g/mol. The number of carbonyl (C=O) groups excluding carboxylic acids is 1. The first-order valence-corrected chi connectivity index (χ1v) is 6.77. The number of benzene rings is 1. The molecule has 0 radical (unpaired) electrons. The molecule has 3 atom stereocenters. The van der Waals surface area contributed by atoms with Gasteiger partial charge in [0.25, 0.3) is 0 Å². The van der Waals surface area contributed by atoms with Gasteiger partial charge in [-0.1, -0.05) is 36.2 Å². The van der Waals surface area contributed by atoms with Crippen LogP contribution in [0.5, 0.6) is 0 Å². The van der Waals surface area contributed by atoms with Gasteiger partial charge in [-0.25, -0.2) is 0 Å². The molecule has 3 N–H and O–H groups in total. The van der Waals surface area contributed by atoms with Crippen molar-refractivity contribution in [1.82, 2.24) is 5.32 Å². The van der Waals surface area contributed by atoms with Gasteiger partial charge in [-0.3, -0.25) is 4.79 Å². The zero-order chi connectivity index (χ0) is 13.1. The first-order valence-electron chi connectivity index (χ1n) is 6.40. The number of hydrogen-bond acceptors (Lipinski definition) is 2. The first kappa shape index (κ1) is 13.4. The maximum absolute atomic E-state index is 12.1. The van der Waals surface area contributed by atoms with Crippen molar-refractivity contribution in [2.24, 2.45) is 11.7 Å². The third kappa shape index (κ3) is 2.85. The highest BCUT2D eigenvalue weighted by Gasteiger charge is 2.31. The van der Waals surface area contributed by atoms with E-state index < -0.39 is 0 Å². The zero-order valence-electron chi connectivity index (χ0n) is 10.5. The highest BCUT2D eigenvalue weighted by molar-refractivity contribution is 6.31. The van der Waals surface area contributed by atoms with E-state index in [4.69, 9.17) is 17.3 Å². The number of nitrogens with two attached hydrogens (primary N) is 1. The third-order valence-electron chi connectivity index (χ3n) is 3.64. The Kier molecular flexibility index (Phi) is 4.25. The lowest BCUT2D eigenvalue weighted by molar-refractivity contribution is -0.125. The largest absolute Gasteiger partial charge is 0.349 e. The molecule has 1 aromatic carbocycles. The van der Waals surface area contributed by atoms with E-state index in [2.05, 4.69) is 5.32 Å². The SMILES string of the molecule is C[C@@H](NC(=O)C1CCCC1N)c1ccccc1Cl. The van der Waals surface area contributed by atoms with Crippen LogP contribution in [0.3, 0.4) is 0 Å². The van der Waals surface area contributed by atoms with Crippen molar-refractivity contribution >= 4 is 17.5 Å². The van der Waals surface area contributed by atoms with E-state index in [-0.39, 0.29) is 23.9 Å². The Hall–Kier alpha value is -1.06. The minimum absolute atomic E-state index is 0.00319. The van der Waals surface area contributed by atoms with Crippen LogP contribution in [0.1, 0.15) is 37.8 Å². The lowest BCUT2D eigenvalue weighted by Gasteiger charge is -2.20. The maximum atomic E-state index is 12.1. The number of rotatable bonds is 3. The fourth-order valence-electron chi connectivity index (χ4n) is 2.54. The fourth-order valence-corrected chi connectivity index (χ4v) is 2.84. The minimum Gasteiger partial charge on any atom is -0.349 e. The molecule has 0 aromatic heterocycles. The number of hydrogen-bond donors (Lipinski definition) is 2. The smallest absolute Gasteiger partial charge is 0.225 e. The maximum Gasteiger partial charge on any atom is 0.225 e. The summed E-state index contributed by atoms with van der Waals surface area (Å²) in [5.74, 6) is 0.00218. The summed E-state index contributed by atoms with van der Waals surface area (Å²) in [6.07, 6.45) is 2.88. The first-order chi connectivity index (χ1) is 8.59. The summed E-state index contributed by atoms with van der Waals surface area (Å²) in [5, 5.41) is 3.69. The van der Waals surface area contributed by atoms with E-state index in [0.29, 0.717) is 5.02 Å². The molecule has 2 unspecified atom stereocenters. The van der Waals surface area contributed by atoms with Gasteiger partial charge in [0.05, 0.1) is 12.0 Å². The summed E-state index contributed by atoms with van der Waals surface area (Å²) in [7, 11) is 0. The summed E-state index contributed by atoms with van der Waals surface area (Å²) < 4.78 is 0. The van der Waals surface area contributed by atoms with Crippen molar-refractivity contribution in [3.63, 3.8) is 0 Å². The Labute approximate surface area is 113 Å². The molecule has 1 aliphatic carbocycles. The van der Waals surface area contributed by atoms with Gasteiger partial charge in [-0.15, -0.1) is 0 Å². The number of amides is 1. The molecular formula is C14H19ClN2O. The molecule has 0 spiro atoms. The van der Waals surface area contributed by atoms with Crippen LogP contribution in [0.25, 0.3) is 0 Å². The minimum atomic E-state index is -0.0843.